The molecule has 0 spiro atoms. The quantitative estimate of drug-likeness (QED) is 0.474. The maximum absolute atomic E-state index is 12.7. The van der Waals surface area contributed by atoms with Crippen LogP contribution in [0.25, 0.3) is 11.3 Å². The molecule has 0 radical (unpaired) electrons. The van der Waals surface area contributed by atoms with Crippen molar-refractivity contribution in [3.05, 3.63) is 77.2 Å². The molecule has 0 unspecified atom stereocenters. The van der Waals surface area contributed by atoms with Crippen molar-refractivity contribution < 1.29 is 14.6 Å². The number of likely N-dealkylation sites (tertiary alicyclic amines) is 1. The lowest BCUT2D eigenvalue weighted by atomic mass is 9.62. The van der Waals surface area contributed by atoms with Gasteiger partial charge in [0.1, 0.15) is 11.2 Å². The lowest BCUT2D eigenvalue weighted by Crippen LogP contribution is -2.66. The summed E-state index contributed by atoms with van der Waals surface area (Å²) in [6, 6.07) is 14.2. The first-order chi connectivity index (χ1) is 16.3. The van der Waals surface area contributed by atoms with Gasteiger partial charge in [0.15, 0.2) is 0 Å². The van der Waals surface area contributed by atoms with Crippen LogP contribution >= 0.6 is 0 Å². The number of rotatable bonds is 5. The second kappa shape index (κ2) is 8.83. The minimum Gasteiger partial charge on any atom is -0.444 e. The summed E-state index contributed by atoms with van der Waals surface area (Å²) in [7, 11) is 0. The molecule has 1 aliphatic heterocycles. The summed E-state index contributed by atoms with van der Waals surface area (Å²) in [6.45, 7) is 14.6. The van der Waals surface area contributed by atoms with Gasteiger partial charge in [-0.15, -0.1) is 0 Å². The van der Waals surface area contributed by atoms with Gasteiger partial charge in [-0.1, -0.05) is 45.0 Å². The number of aryl methyl sites for hydroxylation is 1. The van der Waals surface area contributed by atoms with Gasteiger partial charge in [0.25, 0.3) is 0 Å². The first kappa shape index (κ1) is 25.0. The van der Waals surface area contributed by atoms with E-state index in [0.29, 0.717) is 24.6 Å². The van der Waals surface area contributed by atoms with Gasteiger partial charge in [0.05, 0.1) is 0 Å². The van der Waals surface area contributed by atoms with E-state index in [1.54, 1.807) is 17.3 Å². The Labute approximate surface area is 208 Å². The molecule has 3 aromatic rings. The van der Waals surface area contributed by atoms with E-state index in [1.165, 1.54) is 5.56 Å². The standard InChI is InChI=1S/C29H37N3O3/c1-19(2)21-9-11-23(12-10-21)29(34,28(7)17-32(18-28)26(33)35-27(4,5)6)24-14-22(15-30-16-24)25-13-8-20(3)31-25/h8-16,19,31,34H,17-18H2,1-7H3/t29-/m0/s1. The number of aromatic amines is 1. The molecule has 1 amide bonds. The first-order valence-corrected chi connectivity index (χ1v) is 12.2. The van der Waals surface area contributed by atoms with E-state index in [9.17, 15) is 9.90 Å². The van der Waals surface area contributed by atoms with Crippen LogP contribution in [-0.4, -0.2) is 44.8 Å². The zero-order valence-electron chi connectivity index (χ0n) is 21.8. The fourth-order valence-electron chi connectivity index (χ4n) is 4.91. The van der Waals surface area contributed by atoms with Crippen LogP contribution in [0.3, 0.4) is 0 Å². The Morgan fingerprint density at radius 1 is 1.09 bits per heavy atom. The van der Waals surface area contributed by atoms with Crippen LogP contribution in [0, 0.1) is 12.3 Å². The number of H-pyrrole nitrogens is 1. The highest BCUT2D eigenvalue weighted by atomic mass is 16.6. The topological polar surface area (TPSA) is 78.5 Å². The number of ether oxygens (including phenoxy) is 1. The normalized spacial score (nSPS) is 17.1. The van der Waals surface area contributed by atoms with E-state index in [2.05, 4.69) is 35.9 Å². The Balaban J connectivity index is 1.75. The largest absolute Gasteiger partial charge is 0.444 e. The number of hydrogen-bond donors (Lipinski definition) is 2. The molecule has 0 bridgehead atoms. The van der Waals surface area contributed by atoms with Crippen molar-refractivity contribution >= 4 is 6.09 Å². The highest BCUT2D eigenvalue weighted by molar-refractivity contribution is 5.70. The molecule has 6 heteroatoms. The number of nitrogens with one attached hydrogen (secondary N) is 1. The van der Waals surface area contributed by atoms with Gasteiger partial charge in [-0.25, -0.2) is 4.79 Å². The molecule has 1 atom stereocenters. The number of aromatic nitrogens is 2. The highest BCUT2D eigenvalue weighted by Gasteiger charge is 2.58. The Kier molecular flexibility index (Phi) is 6.30. The highest BCUT2D eigenvalue weighted by Crippen LogP contribution is 2.51. The number of pyridine rings is 1. The van der Waals surface area contributed by atoms with Gasteiger partial charge in [-0.2, -0.15) is 0 Å². The molecule has 0 saturated carbocycles. The van der Waals surface area contributed by atoms with Crippen molar-refractivity contribution in [2.24, 2.45) is 5.41 Å². The summed E-state index contributed by atoms with van der Waals surface area (Å²) in [5, 5.41) is 12.5. The van der Waals surface area contributed by atoms with E-state index >= 15 is 0 Å². The van der Waals surface area contributed by atoms with Gasteiger partial charge in [0, 0.05) is 53.4 Å². The molecule has 1 aliphatic rings. The number of carbonyl (C=O) groups is 1. The molecule has 3 heterocycles. The number of nitrogens with zero attached hydrogens (tertiary/aromatic N) is 2. The minimum absolute atomic E-state index is 0.360. The van der Waals surface area contributed by atoms with Crippen LogP contribution in [0.1, 0.15) is 69.8 Å². The summed E-state index contributed by atoms with van der Waals surface area (Å²) in [6.07, 6.45) is 3.17. The fraction of sp³-hybridized carbons (Fsp3) is 0.448. The average molecular weight is 476 g/mol. The Morgan fingerprint density at radius 3 is 2.29 bits per heavy atom. The van der Waals surface area contributed by atoms with Gasteiger partial charge in [-0.05, 0) is 62.9 Å². The third kappa shape index (κ3) is 4.72. The smallest absolute Gasteiger partial charge is 0.410 e. The van der Waals surface area contributed by atoms with Crippen LogP contribution in [0.15, 0.2) is 54.9 Å². The number of carbonyl (C=O) groups excluding carboxylic acids is 1. The predicted octanol–water partition coefficient (Wildman–Crippen LogP) is 6.00. The summed E-state index contributed by atoms with van der Waals surface area (Å²) in [5.74, 6) is 0.389. The number of benzene rings is 1. The first-order valence-electron chi connectivity index (χ1n) is 12.2. The molecule has 6 nitrogen and oxygen atoms in total. The Bertz CT molecular complexity index is 1200. The maximum Gasteiger partial charge on any atom is 0.410 e. The molecule has 1 aromatic carbocycles. The summed E-state index contributed by atoms with van der Waals surface area (Å²) in [5.41, 5.74) is 3.05. The SMILES string of the molecule is Cc1ccc(-c2cncc([C@@](O)(c3ccc(C(C)C)cc3)C3(C)CN(C(=O)OC(C)(C)C)C3)c2)[nH]1. The monoisotopic (exact) mass is 475 g/mol. The van der Waals surface area contributed by atoms with Crippen LogP contribution < -0.4 is 0 Å². The summed E-state index contributed by atoms with van der Waals surface area (Å²) in [4.78, 5) is 22.2. The van der Waals surface area contributed by atoms with E-state index < -0.39 is 16.6 Å². The lowest BCUT2D eigenvalue weighted by molar-refractivity contribution is -0.131. The molecule has 2 aromatic heterocycles. The van der Waals surface area contributed by atoms with E-state index in [0.717, 1.165) is 22.5 Å². The third-order valence-electron chi connectivity index (χ3n) is 6.90. The molecule has 35 heavy (non-hydrogen) atoms. The number of amides is 1. The van der Waals surface area contributed by atoms with Crippen LogP contribution in [0.5, 0.6) is 0 Å². The van der Waals surface area contributed by atoms with Crippen molar-refractivity contribution in [2.45, 2.75) is 65.6 Å². The van der Waals surface area contributed by atoms with Crippen molar-refractivity contribution in [1.29, 1.82) is 0 Å². The van der Waals surface area contributed by atoms with E-state index in [4.69, 9.17) is 4.74 Å². The predicted molar refractivity (Wildman–Crippen MR) is 138 cm³/mol. The fourth-order valence-corrected chi connectivity index (χ4v) is 4.91. The zero-order valence-corrected chi connectivity index (χ0v) is 21.8. The van der Waals surface area contributed by atoms with Crippen molar-refractivity contribution in [3.8, 4) is 11.3 Å². The Morgan fingerprint density at radius 2 is 1.74 bits per heavy atom. The molecule has 1 saturated heterocycles. The van der Waals surface area contributed by atoms with E-state index in [-0.39, 0.29) is 6.09 Å². The molecule has 4 rings (SSSR count). The Hall–Kier alpha value is -3.12. The third-order valence-corrected chi connectivity index (χ3v) is 6.90. The summed E-state index contributed by atoms with van der Waals surface area (Å²) < 4.78 is 5.57. The van der Waals surface area contributed by atoms with Crippen LogP contribution in [0.4, 0.5) is 4.79 Å². The van der Waals surface area contributed by atoms with E-state index in [1.807, 2.05) is 65.0 Å². The second-order valence-electron chi connectivity index (χ2n) is 11.4. The number of hydrogen-bond acceptors (Lipinski definition) is 4. The van der Waals surface area contributed by atoms with Gasteiger partial charge < -0.3 is 19.7 Å². The molecule has 2 N–H and O–H groups in total. The number of aliphatic hydroxyl groups is 1. The van der Waals surface area contributed by atoms with Gasteiger partial charge in [0.2, 0.25) is 0 Å². The maximum atomic E-state index is 12.7. The molecule has 186 valence electrons. The van der Waals surface area contributed by atoms with Crippen LogP contribution in [0.2, 0.25) is 0 Å². The second-order valence-corrected chi connectivity index (χ2v) is 11.4. The van der Waals surface area contributed by atoms with Gasteiger partial charge in [-0.3, -0.25) is 4.98 Å². The summed E-state index contributed by atoms with van der Waals surface area (Å²) >= 11 is 0. The molecular formula is C29H37N3O3. The lowest BCUT2D eigenvalue weighted by Gasteiger charge is -2.56. The van der Waals surface area contributed by atoms with Crippen LogP contribution in [-0.2, 0) is 10.3 Å². The average Bonchev–Trinajstić information content (AvgIpc) is 3.21. The van der Waals surface area contributed by atoms with Crippen molar-refractivity contribution in [2.75, 3.05) is 13.1 Å². The molecular weight excluding hydrogens is 438 g/mol. The zero-order chi connectivity index (χ0) is 25.6. The van der Waals surface area contributed by atoms with Crippen molar-refractivity contribution in [3.63, 3.8) is 0 Å². The van der Waals surface area contributed by atoms with Gasteiger partial charge >= 0.3 is 6.09 Å². The molecule has 1 fully saturated rings. The van der Waals surface area contributed by atoms with Crippen molar-refractivity contribution in [1.82, 2.24) is 14.9 Å². The minimum atomic E-state index is -1.36. The molecule has 0 aliphatic carbocycles.